The molecule has 146 valence electrons. The minimum Gasteiger partial charge on any atom is -0.343 e. The number of sulfonamides is 1. The fourth-order valence-corrected chi connectivity index (χ4v) is 5.60. The molecule has 1 amide bonds. The normalized spacial score (nSPS) is 18.6. The second-order valence-electron chi connectivity index (χ2n) is 6.11. The summed E-state index contributed by atoms with van der Waals surface area (Å²) in [6, 6.07) is 8.49. The zero-order valence-electron chi connectivity index (χ0n) is 14.1. The molecular weight excluding hydrogens is 401 g/mol. The standard InChI is InChI=1S/C17H17F3N2O3S2/c18-17(19,20)11-21-16(23)12-5-7-13(8-6-12)27(24,25)22-9-1-3-14(22)15-4-2-10-26-15/h2,4-8,10,14H,1,3,9,11H2,(H,21,23). The highest BCUT2D eigenvalue weighted by Gasteiger charge is 2.36. The number of halogens is 3. The number of amides is 1. The summed E-state index contributed by atoms with van der Waals surface area (Å²) in [7, 11) is -3.76. The van der Waals surface area contributed by atoms with Crippen LogP contribution in [0.4, 0.5) is 13.2 Å². The van der Waals surface area contributed by atoms with E-state index in [1.165, 1.54) is 39.9 Å². The predicted octanol–water partition coefficient (Wildman–Crippen LogP) is 3.57. The number of rotatable bonds is 5. The Kier molecular flexibility index (Phi) is 5.59. The van der Waals surface area contributed by atoms with E-state index in [2.05, 4.69) is 0 Å². The number of benzene rings is 1. The first-order chi connectivity index (χ1) is 12.7. The van der Waals surface area contributed by atoms with E-state index in [0.717, 1.165) is 17.7 Å². The number of nitrogens with one attached hydrogen (secondary N) is 1. The lowest BCUT2D eigenvalue weighted by Crippen LogP contribution is -2.33. The number of thiophene rings is 1. The van der Waals surface area contributed by atoms with Crippen molar-refractivity contribution in [1.82, 2.24) is 9.62 Å². The van der Waals surface area contributed by atoms with Gasteiger partial charge >= 0.3 is 6.18 Å². The van der Waals surface area contributed by atoms with Gasteiger partial charge in [0, 0.05) is 17.0 Å². The van der Waals surface area contributed by atoms with Crippen LogP contribution in [0, 0.1) is 0 Å². The van der Waals surface area contributed by atoms with Crippen LogP contribution in [0.3, 0.4) is 0 Å². The molecule has 0 spiro atoms. The van der Waals surface area contributed by atoms with E-state index in [4.69, 9.17) is 0 Å². The van der Waals surface area contributed by atoms with Gasteiger partial charge in [0.2, 0.25) is 10.0 Å². The van der Waals surface area contributed by atoms with Gasteiger partial charge < -0.3 is 5.32 Å². The highest BCUT2D eigenvalue weighted by molar-refractivity contribution is 7.89. The van der Waals surface area contributed by atoms with Crippen LogP contribution in [0.1, 0.15) is 34.1 Å². The van der Waals surface area contributed by atoms with Crippen molar-refractivity contribution in [2.75, 3.05) is 13.1 Å². The first-order valence-electron chi connectivity index (χ1n) is 8.19. The molecule has 5 nitrogen and oxygen atoms in total. The van der Waals surface area contributed by atoms with Crippen LogP contribution in [-0.4, -0.2) is 37.9 Å². The van der Waals surface area contributed by atoms with Gasteiger partial charge in [-0.15, -0.1) is 11.3 Å². The molecule has 1 aliphatic rings. The predicted molar refractivity (Wildman–Crippen MR) is 95.0 cm³/mol. The highest BCUT2D eigenvalue weighted by Crippen LogP contribution is 2.38. The Morgan fingerprint density at radius 1 is 1.22 bits per heavy atom. The number of hydrogen-bond acceptors (Lipinski definition) is 4. The number of carbonyl (C=O) groups is 1. The first-order valence-corrected chi connectivity index (χ1v) is 10.5. The molecule has 27 heavy (non-hydrogen) atoms. The molecule has 1 fully saturated rings. The molecule has 1 aliphatic heterocycles. The van der Waals surface area contributed by atoms with Crippen LogP contribution in [0.2, 0.25) is 0 Å². The summed E-state index contributed by atoms with van der Waals surface area (Å²) in [6.07, 6.45) is -3.02. The zero-order valence-corrected chi connectivity index (χ0v) is 15.7. The van der Waals surface area contributed by atoms with Crippen molar-refractivity contribution >= 4 is 27.3 Å². The molecule has 3 rings (SSSR count). The van der Waals surface area contributed by atoms with Gasteiger partial charge in [-0.05, 0) is 48.6 Å². The molecule has 1 saturated heterocycles. The molecule has 2 heterocycles. The Morgan fingerprint density at radius 2 is 1.93 bits per heavy atom. The van der Waals surface area contributed by atoms with Crippen molar-refractivity contribution in [3.8, 4) is 0 Å². The monoisotopic (exact) mass is 418 g/mol. The van der Waals surface area contributed by atoms with Crippen molar-refractivity contribution in [2.45, 2.75) is 30.0 Å². The first kappa shape index (κ1) is 19.8. The lowest BCUT2D eigenvalue weighted by molar-refractivity contribution is -0.123. The summed E-state index contributed by atoms with van der Waals surface area (Å²) < 4.78 is 63.9. The summed E-state index contributed by atoms with van der Waals surface area (Å²) >= 11 is 1.50. The van der Waals surface area contributed by atoms with Gasteiger partial charge in [-0.3, -0.25) is 4.79 Å². The Balaban J connectivity index is 1.76. The molecule has 1 atom stereocenters. The number of carbonyl (C=O) groups excluding carboxylic acids is 1. The second kappa shape index (κ2) is 7.61. The number of nitrogens with zero attached hydrogens (tertiary/aromatic N) is 1. The van der Waals surface area contributed by atoms with Gasteiger partial charge in [-0.2, -0.15) is 17.5 Å². The van der Waals surface area contributed by atoms with Gasteiger partial charge in [0.15, 0.2) is 0 Å². The molecule has 0 saturated carbocycles. The van der Waals surface area contributed by atoms with Gasteiger partial charge in [0.25, 0.3) is 5.91 Å². The Bertz CT molecular complexity index is 895. The maximum absolute atomic E-state index is 13.0. The minimum absolute atomic E-state index is 0.0123. The van der Waals surface area contributed by atoms with Gasteiger partial charge in [0.1, 0.15) is 6.54 Å². The Morgan fingerprint density at radius 3 is 2.52 bits per heavy atom. The molecule has 1 aromatic heterocycles. The molecule has 0 aliphatic carbocycles. The lowest BCUT2D eigenvalue weighted by Gasteiger charge is -2.23. The van der Waals surface area contributed by atoms with Crippen LogP contribution in [0.5, 0.6) is 0 Å². The van der Waals surface area contributed by atoms with E-state index in [0.29, 0.717) is 6.54 Å². The third-order valence-electron chi connectivity index (χ3n) is 4.25. The average Bonchev–Trinajstić information content (AvgIpc) is 3.30. The SMILES string of the molecule is O=C(NCC(F)(F)F)c1ccc(S(=O)(=O)N2CCCC2c2cccs2)cc1. The van der Waals surface area contributed by atoms with Crippen LogP contribution in [0.25, 0.3) is 0 Å². The minimum atomic E-state index is -4.51. The van der Waals surface area contributed by atoms with Crippen molar-refractivity contribution in [1.29, 1.82) is 0 Å². The molecule has 10 heteroatoms. The maximum Gasteiger partial charge on any atom is 0.405 e. The number of alkyl halides is 3. The van der Waals surface area contributed by atoms with Crippen LogP contribution < -0.4 is 5.32 Å². The topological polar surface area (TPSA) is 66.5 Å². The quantitative estimate of drug-likeness (QED) is 0.807. The lowest BCUT2D eigenvalue weighted by atomic mass is 10.2. The van der Waals surface area contributed by atoms with E-state index >= 15 is 0 Å². The van der Waals surface area contributed by atoms with Crippen LogP contribution >= 0.6 is 11.3 Å². The summed E-state index contributed by atoms with van der Waals surface area (Å²) in [6.45, 7) is -1.04. The van der Waals surface area contributed by atoms with Crippen molar-refractivity contribution in [2.24, 2.45) is 0 Å². The average molecular weight is 418 g/mol. The molecular formula is C17H17F3N2O3S2. The molecule has 1 aromatic carbocycles. The van der Waals surface area contributed by atoms with Crippen LogP contribution in [-0.2, 0) is 10.0 Å². The fraction of sp³-hybridized carbons (Fsp3) is 0.353. The van der Waals surface area contributed by atoms with E-state index < -0.39 is 28.7 Å². The largest absolute Gasteiger partial charge is 0.405 e. The molecule has 1 N–H and O–H groups in total. The summed E-state index contributed by atoms with van der Waals surface area (Å²) in [4.78, 5) is 12.7. The molecule has 2 aromatic rings. The van der Waals surface area contributed by atoms with E-state index in [1.807, 2.05) is 17.5 Å². The molecule has 0 bridgehead atoms. The van der Waals surface area contributed by atoms with E-state index in [-0.39, 0.29) is 16.5 Å². The summed E-state index contributed by atoms with van der Waals surface area (Å²) in [5.74, 6) is -0.908. The Hall–Kier alpha value is -1.91. The molecule has 1 unspecified atom stereocenters. The van der Waals surface area contributed by atoms with Crippen LogP contribution in [0.15, 0.2) is 46.7 Å². The van der Waals surface area contributed by atoms with Gasteiger partial charge in [-0.25, -0.2) is 8.42 Å². The van der Waals surface area contributed by atoms with Gasteiger partial charge in [-0.1, -0.05) is 6.07 Å². The van der Waals surface area contributed by atoms with Gasteiger partial charge in [0.05, 0.1) is 10.9 Å². The van der Waals surface area contributed by atoms with E-state index in [9.17, 15) is 26.4 Å². The van der Waals surface area contributed by atoms with E-state index in [1.54, 1.807) is 5.32 Å². The third kappa shape index (κ3) is 4.50. The van der Waals surface area contributed by atoms with Crippen molar-refractivity contribution in [3.05, 3.63) is 52.2 Å². The van der Waals surface area contributed by atoms with Crippen molar-refractivity contribution in [3.63, 3.8) is 0 Å². The van der Waals surface area contributed by atoms with Crippen molar-refractivity contribution < 1.29 is 26.4 Å². The second-order valence-corrected chi connectivity index (χ2v) is 8.98. The fourth-order valence-electron chi connectivity index (χ4n) is 2.99. The number of hydrogen-bond donors (Lipinski definition) is 1. The zero-order chi connectivity index (χ0) is 19.7. The molecule has 0 radical (unpaired) electrons. The maximum atomic E-state index is 13.0. The third-order valence-corrected chi connectivity index (χ3v) is 7.14. The summed E-state index contributed by atoms with van der Waals surface area (Å²) in [5.41, 5.74) is -0.0329. The Labute approximate surface area is 158 Å². The highest BCUT2D eigenvalue weighted by atomic mass is 32.2. The smallest absolute Gasteiger partial charge is 0.343 e. The summed E-state index contributed by atoms with van der Waals surface area (Å²) in [5, 5.41) is 3.65.